The Balaban J connectivity index is 1.49. The van der Waals surface area contributed by atoms with Gasteiger partial charge in [-0.1, -0.05) is 6.92 Å². The highest BCUT2D eigenvalue weighted by Crippen LogP contribution is 2.23. The molecule has 0 saturated carbocycles. The number of anilines is 1. The van der Waals surface area contributed by atoms with Crippen LogP contribution in [0.15, 0.2) is 24.3 Å². The molecule has 1 N–H and O–H groups in total. The van der Waals surface area contributed by atoms with Crippen molar-refractivity contribution in [3.63, 3.8) is 0 Å². The van der Waals surface area contributed by atoms with Gasteiger partial charge in [-0.2, -0.15) is 0 Å². The average Bonchev–Trinajstić information content (AvgIpc) is 2.67. The van der Waals surface area contributed by atoms with E-state index in [0.717, 1.165) is 69.8 Å². The Labute approximate surface area is 151 Å². The number of likely N-dealkylation sites (N-methyl/N-ethyl adjacent to an activating group) is 1. The molecule has 2 saturated heterocycles. The number of amides is 1. The number of nitrogens with one attached hydrogen (secondary N) is 1. The van der Waals surface area contributed by atoms with Gasteiger partial charge < -0.3 is 19.9 Å². The lowest BCUT2D eigenvalue weighted by Gasteiger charge is -2.32. The first-order chi connectivity index (χ1) is 12.2. The molecule has 0 spiro atoms. The number of ether oxygens (including phenoxy) is 1. The van der Waals surface area contributed by atoms with E-state index in [9.17, 15) is 4.79 Å². The highest BCUT2D eigenvalue weighted by atomic mass is 16.5. The fraction of sp³-hybridized carbons (Fsp3) is 0.650. The highest BCUT2D eigenvalue weighted by molar-refractivity contribution is 5.94. The average molecular weight is 345 g/mol. The van der Waals surface area contributed by atoms with Gasteiger partial charge in [0.2, 0.25) is 0 Å². The number of nitrogens with zero attached hydrogens (tertiary/aromatic N) is 2. The molecule has 1 aromatic carbocycles. The van der Waals surface area contributed by atoms with Crippen LogP contribution < -0.4 is 5.32 Å². The number of piperazine rings is 1. The molecular formula is C20H31N3O2. The largest absolute Gasteiger partial charge is 0.385 e. The van der Waals surface area contributed by atoms with Gasteiger partial charge in [-0.3, -0.25) is 4.79 Å². The maximum atomic E-state index is 12.6. The van der Waals surface area contributed by atoms with E-state index >= 15 is 0 Å². The van der Waals surface area contributed by atoms with Crippen molar-refractivity contribution in [3.05, 3.63) is 29.8 Å². The van der Waals surface area contributed by atoms with E-state index in [4.69, 9.17) is 4.74 Å². The van der Waals surface area contributed by atoms with Crippen LogP contribution in [0.25, 0.3) is 0 Å². The van der Waals surface area contributed by atoms with Crippen LogP contribution >= 0.6 is 0 Å². The Morgan fingerprint density at radius 3 is 2.60 bits per heavy atom. The lowest BCUT2D eigenvalue weighted by atomic mass is 9.94. The van der Waals surface area contributed by atoms with Crippen LogP contribution in [0.4, 0.5) is 5.69 Å². The summed E-state index contributed by atoms with van der Waals surface area (Å²) in [4.78, 5) is 16.8. The molecule has 2 aliphatic rings. The molecule has 0 aliphatic carbocycles. The van der Waals surface area contributed by atoms with Gasteiger partial charge in [0.05, 0.1) is 6.10 Å². The first-order valence-corrected chi connectivity index (χ1v) is 9.59. The second-order valence-electron chi connectivity index (χ2n) is 7.35. The summed E-state index contributed by atoms with van der Waals surface area (Å²) < 4.78 is 5.74. The second-order valence-corrected chi connectivity index (χ2v) is 7.35. The Bertz CT molecular complexity index is 553. The number of benzene rings is 1. The normalized spacial score (nSPS) is 25.0. The summed E-state index contributed by atoms with van der Waals surface area (Å²) in [6, 6.07) is 7.95. The van der Waals surface area contributed by atoms with Gasteiger partial charge in [-0.15, -0.1) is 0 Å². The molecule has 5 heteroatoms. The summed E-state index contributed by atoms with van der Waals surface area (Å²) in [5, 5.41) is 3.52. The molecule has 2 unspecified atom stereocenters. The summed E-state index contributed by atoms with van der Waals surface area (Å²) in [7, 11) is 2.10. The number of carbonyl (C=O) groups excluding carboxylic acids is 1. The van der Waals surface area contributed by atoms with Crippen LogP contribution in [-0.2, 0) is 4.74 Å². The molecular weight excluding hydrogens is 314 g/mol. The first-order valence-electron chi connectivity index (χ1n) is 9.59. The van der Waals surface area contributed by atoms with Crippen molar-refractivity contribution in [2.45, 2.75) is 32.3 Å². The van der Waals surface area contributed by atoms with Crippen molar-refractivity contribution in [3.8, 4) is 0 Å². The number of rotatable bonds is 5. The molecule has 3 rings (SSSR count). The van der Waals surface area contributed by atoms with Gasteiger partial charge in [0.15, 0.2) is 0 Å². The Hall–Kier alpha value is -1.59. The van der Waals surface area contributed by atoms with Crippen LogP contribution in [0.1, 0.15) is 36.5 Å². The fourth-order valence-corrected chi connectivity index (χ4v) is 3.61. The van der Waals surface area contributed by atoms with Crippen LogP contribution in [0.2, 0.25) is 0 Å². The van der Waals surface area contributed by atoms with Gasteiger partial charge in [0.1, 0.15) is 0 Å². The molecule has 1 aromatic rings. The zero-order valence-electron chi connectivity index (χ0n) is 15.5. The Morgan fingerprint density at radius 1 is 1.20 bits per heavy atom. The molecule has 0 bridgehead atoms. The minimum absolute atomic E-state index is 0.148. The lowest BCUT2D eigenvalue weighted by Crippen LogP contribution is -2.47. The number of hydrogen-bond acceptors (Lipinski definition) is 4. The quantitative estimate of drug-likeness (QED) is 0.891. The van der Waals surface area contributed by atoms with Crippen LogP contribution in [0.5, 0.6) is 0 Å². The predicted molar refractivity (Wildman–Crippen MR) is 101 cm³/mol. The molecule has 2 fully saturated rings. The fourth-order valence-electron chi connectivity index (χ4n) is 3.61. The standard InChI is InChI=1S/C20H31N3O2/c1-3-19-14-16(8-13-25-19)15-21-18-6-4-17(5-7-18)20(24)23-11-9-22(2)10-12-23/h4-7,16,19,21H,3,8-15H2,1-2H3. The van der Waals surface area contributed by atoms with Crippen LogP contribution in [0.3, 0.4) is 0 Å². The van der Waals surface area contributed by atoms with Gasteiger partial charge in [0.25, 0.3) is 5.91 Å². The van der Waals surface area contributed by atoms with Crippen molar-refractivity contribution in [1.29, 1.82) is 0 Å². The summed E-state index contributed by atoms with van der Waals surface area (Å²) >= 11 is 0. The summed E-state index contributed by atoms with van der Waals surface area (Å²) in [6.07, 6.45) is 3.79. The van der Waals surface area contributed by atoms with E-state index in [1.807, 2.05) is 29.2 Å². The Kier molecular flexibility index (Phi) is 6.32. The van der Waals surface area contributed by atoms with Gasteiger partial charge in [-0.05, 0) is 56.5 Å². The van der Waals surface area contributed by atoms with E-state index in [1.54, 1.807) is 0 Å². The molecule has 2 aliphatic heterocycles. The topological polar surface area (TPSA) is 44.8 Å². The smallest absolute Gasteiger partial charge is 0.253 e. The molecule has 138 valence electrons. The van der Waals surface area contributed by atoms with Gasteiger partial charge >= 0.3 is 0 Å². The summed E-state index contributed by atoms with van der Waals surface area (Å²) in [6.45, 7) is 7.59. The third kappa shape index (κ3) is 4.95. The van der Waals surface area contributed by atoms with E-state index in [2.05, 4.69) is 24.2 Å². The van der Waals surface area contributed by atoms with Crippen molar-refractivity contribution in [2.24, 2.45) is 5.92 Å². The molecule has 1 amide bonds. The van der Waals surface area contributed by atoms with Crippen molar-refractivity contribution in [2.75, 3.05) is 51.7 Å². The second kappa shape index (κ2) is 8.68. The summed E-state index contributed by atoms with van der Waals surface area (Å²) in [5.41, 5.74) is 1.88. The number of hydrogen-bond donors (Lipinski definition) is 1. The van der Waals surface area contributed by atoms with Crippen molar-refractivity contribution < 1.29 is 9.53 Å². The third-order valence-electron chi connectivity index (χ3n) is 5.45. The summed E-state index contributed by atoms with van der Waals surface area (Å²) in [5.74, 6) is 0.820. The Morgan fingerprint density at radius 2 is 1.92 bits per heavy atom. The maximum Gasteiger partial charge on any atom is 0.253 e. The molecule has 5 nitrogen and oxygen atoms in total. The molecule has 0 aromatic heterocycles. The van der Waals surface area contributed by atoms with Gasteiger partial charge in [-0.25, -0.2) is 0 Å². The van der Waals surface area contributed by atoms with Crippen LogP contribution in [0, 0.1) is 5.92 Å². The van der Waals surface area contributed by atoms with Crippen molar-refractivity contribution in [1.82, 2.24) is 9.80 Å². The highest BCUT2D eigenvalue weighted by Gasteiger charge is 2.22. The van der Waals surface area contributed by atoms with E-state index < -0.39 is 0 Å². The number of carbonyl (C=O) groups is 1. The monoisotopic (exact) mass is 345 g/mol. The van der Waals surface area contributed by atoms with Gasteiger partial charge in [0, 0.05) is 50.6 Å². The molecule has 2 atom stereocenters. The van der Waals surface area contributed by atoms with E-state index in [0.29, 0.717) is 12.0 Å². The predicted octanol–water partition coefficient (Wildman–Crippen LogP) is 2.69. The zero-order valence-corrected chi connectivity index (χ0v) is 15.5. The van der Waals surface area contributed by atoms with Crippen LogP contribution in [-0.4, -0.2) is 68.2 Å². The van der Waals surface area contributed by atoms with Crippen molar-refractivity contribution >= 4 is 11.6 Å². The lowest BCUT2D eigenvalue weighted by molar-refractivity contribution is -0.00759. The minimum atomic E-state index is 0.148. The zero-order chi connectivity index (χ0) is 17.6. The molecule has 0 radical (unpaired) electrons. The molecule has 25 heavy (non-hydrogen) atoms. The third-order valence-corrected chi connectivity index (χ3v) is 5.45. The van der Waals surface area contributed by atoms with E-state index in [-0.39, 0.29) is 5.91 Å². The van der Waals surface area contributed by atoms with E-state index in [1.165, 1.54) is 0 Å². The SMILES string of the molecule is CCC1CC(CNc2ccc(C(=O)N3CCN(C)CC3)cc2)CCO1. The molecule has 2 heterocycles. The maximum absolute atomic E-state index is 12.6. The minimum Gasteiger partial charge on any atom is -0.385 e. The first kappa shape index (κ1) is 18.2.